The van der Waals surface area contributed by atoms with E-state index >= 15 is 0 Å². The summed E-state index contributed by atoms with van der Waals surface area (Å²) in [5.74, 6) is -0.140. The zero-order valence-electron chi connectivity index (χ0n) is 11.7. The Morgan fingerprint density at radius 2 is 2.05 bits per heavy atom. The molecule has 0 aliphatic heterocycles. The lowest BCUT2D eigenvalue weighted by Crippen LogP contribution is -2.15. The molecule has 2 heterocycles. The minimum Gasteiger partial charge on any atom is -0.345 e. The van der Waals surface area contributed by atoms with Gasteiger partial charge in [-0.1, -0.05) is 18.2 Å². The summed E-state index contributed by atoms with van der Waals surface area (Å²) in [4.78, 5) is 16.9. The zero-order valence-corrected chi connectivity index (χ0v) is 13.3. The van der Waals surface area contributed by atoms with Gasteiger partial charge in [0.15, 0.2) is 0 Å². The topological polar surface area (TPSA) is 46.9 Å². The van der Waals surface area contributed by atoms with Gasteiger partial charge in [-0.3, -0.25) is 9.78 Å². The molecule has 0 bridgehead atoms. The Kier molecular flexibility index (Phi) is 3.51. The van der Waals surface area contributed by atoms with Crippen molar-refractivity contribution in [3.05, 3.63) is 58.5 Å². The van der Waals surface area contributed by atoms with E-state index in [0.29, 0.717) is 5.69 Å². The minimum absolute atomic E-state index is 0.140. The molecule has 106 valence electrons. The third-order valence-electron chi connectivity index (χ3n) is 3.30. The van der Waals surface area contributed by atoms with Crippen molar-refractivity contribution in [2.75, 3.05) is 5.32 Å². The number of para-hydroxylation sites is 1. The van der Waals surface area contributed by atoms with Crippen LogP contribution in [0.5, 0.6) is 0 Å². The molecule has 0 aliphatic rings. The Morgan fingerprint density at radius 1 is 1.29 bits per heavy atom. The summed E-state index contributed by atoms with van der Waals surface area (Å²) in [6.07, 6.45) is 1.85. The predicted molar refractivity (Wildman–Crippen MR) is 87.5 cm³/mol. The molecule has 0 aliphatic carbocycles. The minimum atomic E-state index is -0.140. The van der Waals surface area contributed by atoms with E-state index in [0.717, 1.165) is 26.8 Å². The van der Waals surface area contributed by atoms with Crippen LogP contribution in [0.15, 0.2) is 47.1 Å². The summed E-state index contributed by atoms with van der Waals surface area (Å²) in [5.41, 5.74) is 3.12. The number of aryl methyl sites for hydroxylation is 2. The lowest BCUT2D eigenvalue weighted by Gasteiger charge is -2.10. The molecule has 1 N–H and O–H groups in total. The van der Waals surface area contributed by atoms with E-state index in [9.17, 15) is 4.79 Å². The number of hydrogen-bond acceptors (Lipinski definition) is 2. The van der Waals surface area contributed by atoms with E-state index in [2.05, 4.69) is 26.2 Å². The van der Waals surface area contributed by atoms with Crippen LogP contribution in [0.25, 0.3) is 10.9 Å². The van der Waals surface area contributed by atoms with Crippen LogP contribution in [-0.4, -0.2) is 15.5 Å². The zero-order chi connectivity index (χ0) is 15.0. The van der Waals surface area contributed by atoms with Gasteiger partial charge in [0.05, 0.1) is 11.2 Å². The van der Waals surface area contributed by atoms with Crippen molar-refractivity contribution in [1.82, 2.24) is 9.55 Å². The Labute approximate surface area is 130 Å². The number of benzene rings is 1. The number of hydrogen-bond donors (Lipinski definition) is 1. The molecular formula is C16H14BrN3O. The van der Waals surface area contributed by atoms with Gasteiger partial charge in [0.1, 0.15) is 5.69 Å². The highest BCUT2D eigenvalue weighted by Crippen LogP contribution is 2.24. The molecule has 0 unspecified atom stereocenters. The van der Waals surface area contributed by atoms with E-state index in [4.69, 9.17) is 0 Å². The smallest absolute Gasteiger partial charge is 0.272 e. The van der Waals surface area contributed by atoms with E-state index in [1.165, 1.54) is 0 Å². The van der Waals surface area contributed by atoms with Crippen LogP contribution in [0, 0.1) is 6.92 Å². The van der Waals surface area contributed by atoms with Crippen molar-refractivity contribution in [3.8, 4) is 0 Å². The van der Waals surface area contributed by atoms with E-state index < -0.39 is 0 Å². The number of halogens is 1. The average Bonchev–Trinajstić information content (AvgIpc) is 2.77. The molecule has 1 amide bonds. The molecule has 3 rings (SSSR count). The average molecular weight is 344 g/mol. The first-order valence-electron chi connectivity index (χ1n) is 6.54. The first-order valence-corrected chi connectivity index (χ1v) is 7.33. The van der Waals surface area contributed by atoms with Crippen LogP contribution in [0.4, 0.5) is 5.69 Å². The van der Waals surface area contributed by atoms with E-state index in [-0.39, 0.29) is 5.91 Å². The Balaban J connectivity index is 2.02. The summed E-state index contributed by atoms with van der Waals surface area (Å²) < 4.78 is 2.67. The molecule has 0 spiro atoms. The van der Waals surface area contributed by atoms with Gasteiger partial charge in [-0.25, -0.2) is 0 Å². The number of carbonyl (C=O) groups excluding carboxylic acids is 1. The van der Waals surface area contributed by atoms with Crippen molar-refractivity contribution >= 4 is 38.4 Å². The maximum Gasteiger partial charge on any atom is 0.272 e. The second-order valence-corrected chi connectivity index (χ2v) is 5.85. The summed E-state index contributed by atoms with van der Waals surface area (Å²) >= 11 is 3.38. The number of anilines is 1. The van der Waals surface area contributed by atoms with E-state index in [1.807, 2.05) is 50.5 Å². The van der Waals surface area contributed by atoms with Crippen LogP contribution in [0.3, 0.4) is 0 Å². The fourth-order valence-corrected chi connectivity index (χ4v) is 2.87. The Morgan fingerprint density at radius 3 is 2.76 bits per heavy atom. The summed E-state index contributed by atoms with van der Waals surface area (Å²) in [7, 11) is 1.84. The monoisotopic (exact) mass is 343 g/mol. The summed E-state index contributed by atoms with van der Waals surface area (Å²) in [5, 5.41) is 3.91. The molecule has 0 saturated heterocycles. The third-order valence-corrected chi connectivity index (χ3v) is 3.73. The highest BCUT2D eigenvalue weighted by Gasteiger charge is 2.13. The van der Waals surface area contributed by atoms with Gasteiger partial charge in [-0.2, -0.15) is 0 Å². The number of nitrogens with zero attached hydrogens (tertiary/aromatic N) is 2. The molecular weight excluding hydrogens is 330 g/mol. The molecule has 0 fully saturated rings. The number of amides is 1. The lowest BCUT2D eigenvalue weighted by atomic mass is 10.1. The van der Waals surface area contributed by atoms with Crippen molar-refractivity contribution in [3.63, 3.8) is 0 Å². The first-order chi connectivity index (χ1) is 10.0. The van der Waals surface area contributed by atoms with Crippen molar-refractivity contribution in [2.45, 2.75) is 6.92 Å². The molecule has 4 nitrogen and oxygen atoms in total. The fourth-order valence-electron chi connectivity index (χ4n) is 2.35. The van der Waals surface area contributed by atoms with Gasteiger partial charge >= 0.3 is 0 Å². The number of pyridine rings is 1. The van der Waals surface area contributed by atoms with Crippen LogP contribution in [-0.2, 0) is 7.05 Å². The SMILES string of the molecule is Cc1cc(NC(=O)c2cc(Br)cn2C)c2ccccc2n1. The number of nitrogens with one attached hydrogen (secondary N) is 1. The quantitative estimate of drug-likeness (QED) is 0.767. The molecule has 3 aromatic rings. The van der Waals surface area contributed by atoms with E-state index in [1.54, 1.807) is 10.6 Å². The van der Waals surface area contributed by atoms with Gasteiger partial charge in [0.2, 0.25) is 0 Å². The maximum atomic E-state index is 12.4. The molecule has 21 heavy (non-hydrogen) atoms. The number of aromatic nitrogens is 2. The first kappa shape index (κ1) is 13.8. The number of carbonyl (C=O) groups is 1. The molecule has 0 saturated carbocycles. The normalized spacial score (nSPS) is 10.8. The second kappa shape index (κ2) is 5.33. The summed E-state index contributed by atoms with van der Waals surface area (Å²) in [6, 6.07) is 11.5. The molecule has 0 radical (unpaired) electrons. The van der Waals surface area contributed by atoms with Crippen LogP contribution in [0.2, 0.25) is 0 Å². The number of fused-ring (bicyclic) bond motifs is 1. The van der Waals surface area contributed by atoms with Gasteiger partial charge in [0, 0.05) is 28.8 Å². The molecule has 5 heteroatoms. The largest absolute Gasteiger partial charge is 0.345 e. The van der Waals surface area contributed by atoms with Crippen molar-refractivity contribution < 1.29 is 4.79 Å². The van der Waals surface area contributed by atoms with Crippen molar-refractivity contribution in [1.29, 1.82) is 0 Å². The Bertz CT molecular complexity index is 839. The van der Waals surface area contributed by atoms with Gasteiger partial charge in [-0.05, 0) is 41.1 Å². The highest BCUT2D eigenvalue weighted by molar-refractivity contribution is 9.10. The summed E-state index contributed by atoms with van der Waals surface area (Å²) in [6.45, 7) is 1.92. The highest BCUT2D eigenvalue weighted by atomic mass is 79.9. The molecule has 2 aromatic heterocycles. The van der Waals surface area contributed by atoms with Crippen LogP contribution < -0.4 is 5.32 Å². The fraction of sp³-hybridized carbons (Fsp3) is 0.125. The maximum absolute atomic E-state index is 12.4. The van der Waals surface area contributed by atoms with Gasteiger partial charge in [-0.15, -0.1) is 0 Å². The van der Waals surface area contributed by atoms with Crippen molar-refractivity contribution in [2.24, 2.45) is 7.05 Å². The van der Waals surface area contributed by atoms with Crippen LogP contribution in [0.1, 0.15) is 16.2 Å². The van der Waals surface area contributed by atoms with Gasteiger partial charge in [0.25, 0.3) is 5.91 Å². The molecule has 0 atom stereocenters. The molecule has 1 aromatic carbocycles. The number of rotatable bonds is 2. The second-order valence-electron chi connectivity index (χ2n) is 4.94. The standard InChI is InChI=1S/C16H14BrN3O/c1-10-7-14(12-5-3-4-6-13(12)18-10)19-16(21)15-8-11(17)9-20(15)2/h3-9H,1-2H3,(H,18,19,21). The third kappa shape index (κ3) is 2.69. The van der Waals surface area contributed by atoms with Gasteiger partial charge < -0.3 is 9.88 Å². The van der Waals surface area contributed by atoms with Crippen LogP contribution >= 0.6 is 15.9 Å². The Hall–Kier alpha value is -2.14. The lowest BCUT2D eigenvalue weighted by molar-refractivity contribution is 0.101. The predicted octanol–water partition coefficient (Wildman–Crippen LogP) is 3.90.